The molecule has 0 bridgehead atoms. The van der Waals surface area contributed by atoms with Crippen LogP contribution in [0, 0.1) is 10.1 Å². The zero-order valence-corrected chi connectivity index (χ0v) is 8.96. The maximum Gasteiger partial charge on any atom is 0.305 e. The summed E-state index contributed by atoms with van der Waals surface area (Å²) in [6, 6.07) is 0.382. The summed E-state index contributed by atoms with van der Waals surface area (Å²) in [4.78, 5) is 20.0. The predicted molar refractivity (Wildman–Crippen MR) is 58.4 cm³/mol. The molecule has 16 heavy (non-hydrogen) atoms. The van der Waals surface area contributed by atoms with Gasteiger partial charge in [-0.15, -0.1) is 0 Å². The van der Waals surface area contributed by atoms with E-state index >= 15 is 0 Å². The van der Waals surface area contributed by atoms with E-state index in [0.717, 1.165) is 19.6 Å². The van der Waals surface area contributed by atoms with Gasteiger partial charge >= 0.3 is 5.69 Å². The van der Waals surface area contributed by atoms with E-state index in [4.69, 9.17) is 0 Å². The van der Waals surface area contributed by atoms with Crippen LogP contribution < -0.4 is 10.2 Å². The van der Waals surface area contributed by atoms with Crippen LogP contribution in [0.2, 0.25) is 0 Å². The Morgan fingerprint density at radius 2 is 2.25 bits per heavy atom. The van der Waals surface area contributed by atoms with Crippen molar-refractivity contribution in [3.05, 3.63) is 22.5 Å². The lowest BCUT2D eigenvalue weighted by Crippen LogP contribution is -2.49. The number of rotatable bonds is 2. The standard InChI is InChI=1S/C9H13N5O2/c1-7-6-13(3-2-10-7)9-11-4-8(5-12-9)14(15)16/h4-5,7,10H,2-3,6H2,1H3/t7-/m1/s1. The second-order valence-electron chi connectivity index (χ2n) is 3.80. The van der Waals surface area contributed by atoms with Crippen LogP contribution in [0.1, 0.15) is 6.92 Å². The Morgan fingerprint density at radius 1 is 1.56 bits per heavy atom. The first-order valence-corrected chi connectivity index (χ1v) is 5.11. The molecule has 7 heteroatoms. The van der Waals surface area contributed by atoms with Gasteiger partial charge in [-0.3, -0.25) is 10.1 Å². The molecule has 86 valence electrons. The Morgan fingerprint density at radius 3 is 2.81 bits per heavy atom. The van der Waals surface area contributed by atoms with Gasteiger partial charge in [0.2, 0.25) is 5.95 Å². The van der Waals surface area contributed by atoms with Gasteiger partial charge in [0.25, 0.3) is 0 Å². The van der Waals surface area contributed by atoms with Crippen LogP contribution in [0.25, 0.3) is 0 Å². The average molecular weight is 223 g/mol. The Bertz CT molecular complexity index is 380. The summed E-state index contributed by atoms with van der Waals surface area (Å²) in [7, 11) is 0. The lowest BCUT2D eigenvalue weighted by Gasteiger charge is -2.31. The Balaban J connectivity index is 2.11. The van der Waals surface area contributed by atoms with Crippen LogP contribution in [0.5, 0.6) is 0 Å². The van der Waals surface area contributed by atoms with Gasteiger partial charge < -0.3 is 10.2 Å². The summed E-state index contributed by atoms with van der Waals surface area (Å²) in [6.45, 7) is 4.60. The smallest absolute Gasteiger partial charge is 0.305 e. The molecule has 0 spiro atoms. The van der Waals surface area contributed by atoms with E-state index in [0.29, 0.717) is 12.0 Å². The molecule has 1 N–H and O–H groups in total. The highest BCUT2D eigenvalue weighted by molar-refractivity contribution is 5.34. The fraction of sp³-hybridized carbons (Fsp3) is 0.556. The van der Waals surface area contributed by atoms with Crippen molar-refractivity contribution in [2.24, 2.45) is 0 Å². The van der Waals surface area contributed by atoms with Crippen molar-refractivity contribution < 1.29 is 4.92 Å². The average Bonchev–Trinajstić information content (AvgIpc) is 2.29. The molecule has 0 radical (unpaired) electrons. The third-order valence-electron chi connectivity index (χ3n) is 2.49. The molecule has 0 saturated carbocycles. The van der Waals surface area contributed by atoms with Gasteiger partial charge in [0.05, 0.1) is 4.92 Å². The highest BCUT2D eigenvalue weighted by atomic mass is 16.6. The summed E-state index contributed by atoms with van der Waals surface area (Å²) < 4.78 is 0. The largest absolute Gasteiger partial charge is 0.338 e. The molecule has 1 aromatic rings. The molecule has 1 atom stereocenters. The number of nitrogens with one attached hydrogen (secondary N) is 1. The molecular weight excluding hydrogens is 210 g/mol. The van der Waals surface area contributed by atoms with Crippen LogP contribution in [0.3, 0.4) is 0 Å². The van der Waals surface area contributed by atoms with Gasteiger partial charge in [-0.25, -0.2) is 9.97 Å². The van der Waals surface area contributed by atoms with Crippen LogP contribution in [-0.2, 0) is 0 Å². The van der Waals surface area contributed by atoms with Crippen LogP contribution in [0.15, 0.2) is 12.4 Å². The zero-order valence-electron chi connectivity index (χ0n) is 8.96. The van der Waals surface area contributed by atoms with E-state index in [1.807, 2.05) is 4.90 Å². The van der Waals surface area contributed by atoms with E-state index in [1.165, 1.54) is 12.4 Å². The molecule has 1 saturated heterocycles. The Kier molecular flexibility index (Phi) is 2.95. The minimum Gasteiger partial charge on any atom is -0.338 e. The molecule has 0 amide bonds. The second-order valence-corrected chi connectivity index (χ2v) is 3.80. The van der Waals surface area contributed by atoms with Crippen molar-refractivity contribution in [3.63, 3.8) is 0 Å². The molecule has 0 aromatic carbocycles. The number of nitrogens with zero attached hydrogens (tertiary/aromatic N) is 4. The number of hydrogen-bond acceptors (Lipinski definition) is 6. The van der Waals surface area contributed by atoms with E-state index in [-0.39, 0.29) is 5.69 Å². The topological polar surface area (TPSA) is 84.2 Å². The van der Waals surface area contributed by atoms with Gasteiger partial charge in [-0.2, -0.15) is 0 Å². The fourth-order valence-electron chi connectivity index (χ4n) is 1.69. The van der Waals surface area contributed by atoms with Crippen LogP contribution in [-0.4, -0.2) is 40.6 Å². The number of aromatic nitrogens is 2. The van der Waals surface area contributed by atoms with Crippen molar-refractivity contribution in [2.75, 3.05) is 24.5 Å². The summed E-state index contributed by atoms with van der Waals surface area (Å²) >= 11 is 0. The minimum atomic E-state index is -0.496. The third kappa shape index (κ3) is 2.25. The van der Waals surface area contributed by atoms with Crippen LogP contribution >= 0.6 is 0 Å². The molecular formula is C9H13N5O2. The van der Waals surface area contributed by atoms with E-state index < -0.39 is 4.92 Å². The molecule has 0 unspecified atom stereocenters. The summed E-state index contributed by atoms with van der Waals surface area (Å²) in [6.07, 6.45) is 2.49. The number of nitro groups is 1. The molecule has 2 heterocycles. The number of anilines is 1. The maximum atomic E-state index is 10.4. The van der Waals surface area contributed by atoms with E-state index in [9.17, 15) is 10.1 Å². The number of hydrogen-bond donors (Lipinski definition) is 1. The molecule has 2 rings (SSSR count). The first-order valence-electron chi connectivity index (χ1n) is 5.11. The first kappa shape index (κ1) is 10.7. The van der Waals surface area contributed by atoms with Crippen molar-refractivity contribution in [1.29, 1.82) is 0 Å². The third-order valence-corrected chi connectivity index (χ3v) is 2.49. The summed E-state index contributed by atoms with van der Waals surface area (Å²) in [5.74, 6) is 0.555. The monoisotopic (exact) mass is 223 g/mol. The molecule has 1 aromatic heterocycles. The van der Waals surface area contributed by atoms with E-state index in [2.05, 4.69) is 22.2 Å². The van der Waals surface area contributed by atoms with Gasteiger partial charge in [-0.05, 0) is 6.92 Å². The van der Waals surface area contributed by atoms with Gasteiger partial charge in [-0.1, -0.05) is 0 Å². The highest BCUT2D eigenvalue weighted by Crippen LogP contribution is 2.13. The lowest BCUT2D eigenvalue weighted by molar-refractivity contribution is -0.385. The normalized spacial score (nSPS) is 20.8. The summed E-state index contributed by atoms with van der Waals surface area (Å²) in [5.41, 5.74) is -0.0769. The maximum absolute atomic E-state index is 10.4. The van der Waals surface area contributed by atoms with Crippen LogP contribution in [0.4, 0.5) is 11.6 Å². The van der Waals surface area contributed by atoms with Gasteiger partial charge in [0.1, 0.15) is 12.4 Å². The van der Waals surface area contributed by atoms with Gasteiger partial charge in [0, 0.05) is 25.7 Å². The fourth-order valence-corrected chi connectivity index (χ4v) is 1.69. The molecule has 7 nitrogen and oxygen atoms in total. The minimum absolute atomic E-state index is 0.0769. The molecule has 1 aliphatic rings. The first-order chi connectivity index (χ1) is 7.66. The lowest BCUT2D eigenvalue weighted by atomic mass is 10.2. The van der Waals surface area contributed by atoms with Crippen molar-refractivity contribution in [1.82, 2.24) is 15.3 Å². The predicted octanol–water partition coefficient (Wildman–Crippen LogP) is 0.183. The van der Waals surface area contributed by atoms with Crippen molar-refractivity contribution in [3.8, 4) is 0 Å². The molecule has 0 aliphatic carbocycles. The quantitative estimate of drug-likeness (QED) is 0.569. The Labute approximate surface area is 92.7 Å². The highest BCUT2D eigenvalue weighted by Gasteiger charge is 2.18. The SMILES string of the molecule is C[C@@H]1CN(c2ncc([N+](=O)[O-])cn2)CCN1. The Hall–Kier alpha value is -1.76. The van der Waals surface area contributed by atoms with Crippen molar-refractivity contribution in [2.45, 2.75) is 13.0 Å². The molecule has 1 aliphatic heterocycles. The molecule has 1 fully saturated rings. The van der Waals surface area contributed by atoms with Crippen molar-refractivity contribution >= 4 is 11.6 Å². The second kappa shape index (κ2) is 4.40. The van der Waals surface area contributed by atoms with Gasteiger partial charge in [0.15, 0.2) is 0 Å². The zero-order chi connectivity index (χ0) is 11.5. The number of piperazine rings is 1. The van der Waals surface area contributed by atoms with E-state index in [1.54, 1.807) is 0 Å². The summed E-state index contributed by atoms with van der Waals surface area (Å²) in [5, 5.41) is 13.7.